The van der Waals surface area contributed by atoms with Gasteiger partial charge < -0.3 is 10.6 Å². The van der Waals surface area contributed by atoms with Crippen LogP contribution in [0.25, 0.3) is 0 Å². The van der Waals surface area contributed by atoms with E-state index in [1.807, 2.05) is 25.7 Å². The molecule has 0 rings (SSSR count). The van der Waals surface area contributed by atoms with Crippen LogP contribution in [0.4, 0.5) is 0 Å². The van der Waals surface area contributed by atoms with Gasteiger partial charge >= 0.3 is 0 Å². The number of carbonyl (C=O) groups excluding carboxylic acids is 1. The average molecular weight is 232 g/mol. The minimum atomic E-state index is 0.0301. The van der Waals surface area contributed by atoms with E-state index in [9.17, 15) is 4.79 Å². The first-order valence-electron chi connectivity index (χ1n) is 5.72. The summed E-state index contributed by atoms with van der Waals surface area (Å²) in [5.41, 5.74) is 5.82. The van der Waals surface area contributed by atoms with Crippen LogP contribution in [0, 0.1) is 0 Å². The van der Waals surface area contributed by atoms with Crippen molar-refractivity contribution in [2.24, 2.45) is 5.73 Å². The zero-order valence-corrected chi connectivity index (χ0v) is 11.1. The molecule has 0 radical (unpaired) electrons. The average Bonchev–Trinajstić information content (AvgIpc) is 2.26. The lowest BCUT2D eigenvalue weighted by Gasteiger charge is -2.23. The predicted molar refractivity (Wildman–Crippen MR) is 68.1 cm³/mol. The smallest absolute Gasteiger partial charge is 0.235 e. The summed E-state index contributed by atoms with van der Waals surface area (Å²) in [6.45, 7) is 9.64. The Morgan fingerprint density at radius 2 is 1.87 bits per heavy atom. The quantitative estimate of drug-likeness (QED) is 0.727. The molecule has 0 aliphatic rings. The minimum Gasteiger partial charge on any atom is -0.342 e. The number of nitrogens with two attached hydrogens (primary N) is 1. The number of hydrogen-bond acceptors (Lipinski definition) is 3. The van der Waals surface area contributed by atoms with Crippen LogP contribution >= 0.6 is 11.8 Å². The molecule has 4 heteroatoms. The van der Waals surface area contributed by atoms with E-state index in [2.05, 4.69) is 6.92 Å². The third-order valence-corrected chi connectivity index (χ3v) is 3.83. The minimum absolute atomic E-state index is 0.0301. The van der Waals surface area contributed by atoms with Gasteiger partial charge in [0.1, 0.15) is 0 Å². The topological polar surface area (TPSA) is 46.3 Å². The largest absolute Gasteiger partial charge is 0.342 e. The Kier molecular flexibility index (Phi) is 7.88. The summed E-state index contributed by atoms with van der Waals surface area (Å²) in [5.74, 6) is 1.10. The number of amides is 1. The van der Waals surface area contributed by atoms with Gasteiger partial charge in [0.15, 0.2) is 0 Å². The highest BCUT2D eigenvalue weighted by atomic mass is 32.2. The number of hydrogen-bond donors (Lipinski definition) is 1. The van der Waals surface area contributed by atoms with Gasteiger partial charge in [0.05, 0.1) is 5.25 Å². The molecule has 2 unspecified atom stereocenters. The predicted octanol–water partition coefficient (Wildman–Crippen LogP) is 1.71. The van der Waals surface area contributed by atoms with Crippen molar-refractivity contribution in [1.29, 1.82) is 0 Å². The molecule has 3 nitrogen and oxygen atoms in total. The Labute approximate surface area is 97.8 Å². The van der Waals surface area contributed by atoms with E-state index in [0.717, 1.165) is 25.3 Å². The molecule has 2 atom stereocenters. The van der Waals surface area contributed by atoms with E-state index in [4.69, 9.17) is 5.73 Å². The van der Waals surface area contributed by atoms with Crippen LogP contribution in [0.1, 0.15) is 34.1 Å². The molecule has 1 amide bonds. The molecule has 0 aromatic carbocycles. The second-order valence-corrected chi connectivity index (χ2v) is 5.03. The maximum Gasteiger partial charge on any atom is 0.235 e. The fraction of sp³-hybridized carbons (Fsp3) is 0.909. The Morgan fingerprint density at radius 3 is 2.27 bits per heavy atom. The summed E-state index contributed by atoms with van der Waals surface area (Å²) in [7, 11) is 0. The Morgan fingerprint density at radius 1 is 1.33 bits per heavy atom. The molecule has 0 saturated heterocycles. The normalized spacial score (nSPS) is 14.7. The zero-order valence-electron chi connectivity index (χ0n) is 10.3. The molecule has 0 bridgehead atoms. The second-order valence-electron chi connectivity index (χ2n) is 3.65. The lowest BCUT2D eigenvalue weighted by molar-refractivity contribution is -0.129. The van der Waals surface area contributed by atoms with E-state index in [-0.39, 0.29) is 17.2 Å². The number of carbonyl (C=O) groups is 1. The van der Waals surface area contributed by atoms with E-state index in [0.29, 0.717) is 0 Å². The Balaban J connectivity index is 3.97. The van der Waals surface area contributed by atoms with Gasteiger partial charge in [-0.05, 0) is 27.2 Å². The SMILES string of the molecule is CCC(N)CSC(C)C(=O)N(CC)CC. The molecule has 0 heterocycles. The van der Waals surface area contributed by atoms with Crippen LogP contribution in [0.5, 0.6) is 0 Å². The zero-order chi connectivity index (χ0) is 11.8. The Hall–Kier alpha value is -0.220. The summed E-state index contributed by atoms with van der Waals surface area (Å²) in [6, 6.07) is 0.210. The molecular formula is C11H24N2OS. The number of rotatable bonds is 7. The van der Waals surface area contributed by atoms with Crippen LogP contribution in [0.2, 0.25) is 0 Å². The van der Waals surface area contributed by atoms with Crippen LogP contribution in [-0.2, 0) is 4.79 Å². The van der Waals surface area contributed by atoms with Gasteiger partial charge in [-0.3, -0.25) is 4.79 Å². The first kappa shape index (κ1) is 14.8. The highest BCUT2D eigenvalue weighted by Crippen LogP contribution is 2.14. The van der Waals surface area contributed by atoms with E-state index < -0.39 is 0 Å². The lowest BCUT2D eigenvalue weighted by atomic mass is 10.3. The van der Waals surface area contributed by atoms with Crippen molar-refractivity contribution in [3.05, 3.63) is 0 Å². The summed E-state index contributed by atoms with van der Waals surface area (Å²) in [4.78, 5) is 13.7. The van der Waals surface area contributed by atoms with Crippen LogP contribution in [0.15, 0.2) is 0 Å². The maximum absolute atomic E-state index is 11.9. The maximum atomic E-state index is 11.9. The van der Waals surface area contributed by atoms with Crippen LogP contribution in [-0.4, -0.2) is 40.9 Å². The first-order chi connectivity index (χ1) is 7.06. The molecule has 0 spiro atoms. The van der Waals surface area contributed by atoms with Crippen molar-refractivity contribution >= 4 is 17.7 Å². The van der Waals surface area contributed by atoms with Crippen molar-refractivity contribution in [2.45, 2.75) is 45.4 Å². The van der Waals surface area contributed by atoms with Crippen molar-refractivity contribution in [3.63, 3.8) is 0 Å². The molecule has 0 aliphatic carbocycles. The van der Waals surface area contributed by atoms with Crippen molar-refractivity contribution in [3.8, 4) is 0 Å². The standard InChI is InChI=1S/C11H24N2OS/c1-5-10(12)8-15-9(4)11(14)13(6-2)7-3/h9-10H,5-8,12H2,1-4H3. The van der Waals surface area contributed by atoms with Crippen LogP contribution < -0.4 is 5.73 Å². The summed E-state index contributed by atoms with van der Waals surface area (Å²) >= 11 is 1.66. The second kappa shape index (κ2) is 7.99. The monoisotopic (exact) mass is 232 g/mol. The van der Waals surface area contributed by atoms with Crippen molar-refractivity contribution in [2.75, 3.05) is 18.8 Å². The molecule has 90 valence electrons. The number of nitrogens with zero attached hydrogens (tertiary/aromatic N) is 1. The molecule has 2 N–H and O–H groups in total. The Bertz CT molecular complexity index is 183. The van der Waals surface area contributed by atoms with Gasteiger partial charge in [-0.15, -0.1) is 11.8 Å². The molecule has 15 heavy (non-hydrogen) atoms. The van der Waals surface area contributed by atoms with E-state index in [1.165, 1.54) is 0 Å². The lowest BCUT2D eigenvalue weighted by Crippen LogP contribution is -2.37. The highest BCUT2D eigenvalue weighted by molar-refractivity contribution is 8.00. The molecule has 0 fully saturated rings. The fourth-order valence-electron chi connectivity index (χ4n) is 1.25. The van der Waals surface area contributed by atoms with Crippen LogP contribution in [0.3, 0.4) is 0 Å². The molecule has 0 saturated carbocycles. The van der Waals surface area contributed by atoms with Gasteiger partial charge in [0.25, 0.3) is 0 Å². The van der Waals surface area contributed by atoms with E-state index in [1.54, 1.807) is 11.8 Å². The molecule has 0 aromatic heterocycles. The fourth-order valence-corrected chi connectivity index (χ4v) is 2.31. The summed E-state index contributed by atoms with van der Waals surface area (Å²) < 4.78 is 0. The van der Waals surface area contributed by atoms with Gasteiger partial charge in [-0.1, -0.05) is 6.92 Å². The van der Waals surface area contributed by atoms with Gasteiger partial charge in [0.2, 0.25) is 5.91 Å². The summed E-state index contributed by atoms with van der Waals surface area (Å²) in [5, 5.41) is 0.0301. The first-order valence-corrected chi connectivity index (χ1v) is 6.77. The van der Waals surface area contributed by atoms with Gasteiger partial charge in [0, 0.05) is 24.9 Å². The molecule has 0 aliphatic heterocycles. The van der Waals surface area contributed by atoms with Gasteiger partial charge in [-0.25, -0.2) is 0 Å². The third-order valence-electron chi connectivity index (χ3n) is 2.51. The van der Waals surface area contributed by atoms with E-state index >= 15 is 0 Å². The number of thioether (sulfide) groups is 1. The van der Waals surface area contributed by atoms with Gasteiger partial charge in [-0.2, -0.15) is 0 Å². The highest BCUT2D eigenvalue weighted by Gasteiger charge is 2.18. The summed E-state index contributed by atoms with van der Waals surface area (Å²) in [6.07, 6.45) is 0.971. The van der Waals surface area contributed by atoms with Crippen molar-refractivity contribution in [1.82, 2.24) is 4.90 Å². The van der Waals surface area contributed by atoms with Crippen molar-refractivity contribution < 1.29 is 4.79 Å². The molecule has 0 aromatic rings. The molecular weight excluding hydrogens is 208 g/mol. The third kappa shape index (κ3) is 5.42.